The minimum absolute atomic E-state index is 0. The van der Waals surface area contributed by atoms with Crippen molar-refractivity contribution in [3.63, 3.8) is 0 Å². The van der Waals surface area contributed by atoms with Crippen LogP contribution in [-0.2, 0) is 9.53 Å². The molecule has 2 fully saturated rings. The summed E-state index contributed by atoms with van der Waals surface area (Å²) >= 11 is 0. The fourth-order valence-corrected chi connectivity index (χ4v) is 3.35. The lowest BCUT2D eigenvalue weighted by Gasteiger charge is -2.26. The first kappa shape index (κ1) is 23.4. The number of carbonyl (C=O) groups is 1. The Morgan fingerprint density at radius 1 is 1.35 bits per heavy atom. The molecule has 2 unspecified atom stereocenters. The zero-order valence-electron chi connectivity index (χ0n) is 16.7. The number of aliphatic imine (C=N–C) groups is 1. The van der Waals surface area contributed by atoms with E-state index >= 15 is 0 Å². The summed E-state index contributed by atoms with van der Waals surface area (Å²) in [5, 5.41) is 6.96. The Balaban J connectivity index is 0.00000338. The molecular weight excluding hydrogens is 445 g/mol. The zero-order valence-corrected chi connectivity index (χ0v) is 19.0. The minimum Gasteiger partial charge on any atom is -0.383 e. The molecular formula is C18H36IN5O2. The Morgan fingerprint density at radius 3 is 2.65 bits per heavy atom. The van der Waals surface area contributed by atoms with Gasteiger partial charge in [-0.25, -0.2) is 4.99 Å². The van der Waals surface area contributed by atoms with Crippen LogP contribution in [0.4, 0.5) is 0 Å². The summed E-state index contributed by atoms with van der Waals surface area (Å²) in [6.07, 6.45) is 4.94. The third-order valence-electron chi connectivity index (χ3n) is 5.14. The number of halogens is 1. The molecule has 1 saturated carbocycles. The van der Waals surface area contributed by atoms with Gasteiger partial charge in [0.15, 0.2) is 5.96 Å². The van der Waals surface area contributed by atoms with Crippen LogP contribution in [0.1, 0.15) is 32.6 Å². The molecule has 8 heteroatoms. The van der Waals surface area contributed by atoms with Crippen molar-refractivity contribution in [2.24, 2.45) is 10.9 Å². The summed E-state index contributed by atoms with van der Waals surface area (Å²) in [6, 6.07) is 0.805. The molecule has 2 atom stereocenters. The molecule has 1 saturated heterocycles. The fraction of sp³-hybridized carbons (Fsp3) is 0.889. The summed E-state index contributed by atoms with van der Waals surface area (Å²) < 4.78 is 5.35. The van der Waals surface area contributed by atoms with Crippen LogP contribution in [0.2, 0.25) is 0 Å². The van der Waals surface area contributed by atoms with Gasteiger partial charge in [-0.15, -0.1) is 24.0 Å². The van der Waals surface area contributed by atoms with Gasteiger partial charge in [0, 0.05) is 33.8 Å². The first-order valence-corrected chi connectivity index (χ1v) is 9.53. The molecule has 1 amide bonds. The molecule has 1 heterocycles. The summed E-state index contributed by atoms with van der Waals surface area (Å²) in [6.45, 7) is 6.16. The Morgan fingerprint density at radius 2 is 2.08 bits per heavy atom. The van der Waals surface area contributed by atoms with E-state index in [1.54, 1.807) is 26.1 Å². The normalized spacial score (nSPS) is 21.8. The van der Waals surface area contributed by atoms with Crippen molar-refractivity contribution in [3.05, 3.63) is 0 Å². The number of ether oxygens (including phenoxy) is 1. The Labute approximate surface area is 175 Å². The molecule has 0 aromatic rings. The smallest absolute Gasteiger partial charge is 0.243 e. The van der Waals surface area contributed by atoms with Crippen LogP contribution in [0.15, 0.2) is 4.99 Å². The second kappa shape index (κ2) is 12.0. The summed E-state index contributed by atoms with van der Waals surface area (Å²) in [7, 11) is 5.25. The molecule has 1 aliphatic carbocycles. The van der Waals surface area contributed by atoms with E-state index in [2.05, 4.69) is 27.4 Å². The molecule has 0 aromatic heterocycles. The molecule has 0 bridgehead atoms. The third-order valence-corrected chi connectivity index (χ3v) is 5.14. The van der Waals surface area contributed by atoms with Gasteiger partial charge in [-0.1, -0.05) is 6.92 Å². The predicted octanol–water partition coefficient (Wildman–Crippen LogP) is 1.14. The number of nitrogens with zero attached hydrogens (tertiary/aromatic N) is 3. The van der Waals surface area contributed by atoms with Crippen molar-refractivity contribution >= 4 is 35.8 Å². The highest BCUT2D eigenvalue weighted by Gasteiger charge is 2.32. The topological polar surface area (TPSA) is 69.2 Å². The van der Waals surface area contributed by atoms with Gasteiger partial charge in [0.05, 0.1) is 12.6 Å². The number of likely N-dealkylation sites (tertiary alicyclic amines) is 1. The predicted molar refractivity (Wildman–Crippen MR) is 116 cm³/mol. The Bertz CT molecular complexity index is 457. The number of guanidine groups is 1. The number of carbonyl (C=O) groups excluding carboxylic acids is 1. The SMILES string of the molecule is CCN1CCCC1CNC(=NCC(=O)N(C)C)NC(COC)C1CC1.I. The van der Waals surface area contributed by atoms with Crippen molar-refractivity contribution in [1.29, 1.82) is 0 Å². The minimum atomic E-state index is 0. The lowest BCUT2D eigenvalue weighted by Crippen LogP contribution is -2.50. The maximum Gasteiger partial charge on any atom is 0.243 e. The van der Waals surface area contributed by atoms with E-state index in [9.17, 15) is 4.79 Å². The van der Waals surface area contributed by atoms with Crippen LogP contribution in [0.5, 0.6) is 0 Å². The van der Waals surface area contributed by atoms with Gasteiger partial charge in [-0.3, -0.25) is 9.69 Å². The number of nitrogens with one attached hydrogen (secondary N) is 2. The first-order valence-electron chi connectivity index (χ1n) is 9.53. The van der Waals surface area contributed by atoms with E-state index in [-0.39, 0.29) is 42.5 Å². The molecule has 2 rings (SSSR count). The van der Waals surface area contributed by atoms with Crippen LogP contribution >= 0.6 is 24.0 Å². The standard InChI is InChI=1S/C18H35N5O2.HI/c1-5-23-10-6-7-15(23)11-19-18(20-12-17(24)22(2)3)21-16(13-25-4)14-8-9-14;/h14-16H,5-13H2,1-4H3,(H2,19,20,21);1H. The molecule has 7 nitrogen and oxygen atoms in total. The van der Waals surface area contributed by atoms with Crippen LogP contribution in [0.3, 0.4) is 0 Å². The second-order valence-corrected chi connectivity index (χ2v) is 7.30. The first-order chi connectivity index (χ1) is 12.0. The largest absolute Gasteiger partial charge is 0.383 e. The van der Waals surface area contributed by atoms with Gasteiger partial charge in [0.2, 0.25) is 5.91 Å². The van der Waals surface area contributed by atoms with Gasteiger partial charge in [0.1, 0.15) is 6.54 Å². The molecule has 26 heavy (non-hydrogen) atoms. The maximum atomic E-state index is 11.9. The van der Waals surface area contributed by atoms with Crippen molar-refractivity contribution in [3.8, 4) is 0 Å². The molecule has 2 aliphatic rings. The quantitative estimate of drug-likeness (QED) is 0.294. The molecule has 0 radical (unpaired) electrons. The molecule has 152 valence electrons. The average molecular weight is 481 g/mol. The van der Waals surface area contributed by atoms with E-state index in [1.165, 1.54) is 32.2 Å². The molecule has 1 aliphatic heterocycles. The lowest BCUT2D eigenvalue weighted by atomic mass is 10.2. The highest BCUT2D eigenvalue weighted by molar-refractivity contribution is 14.0. The van der Waals surface area contributed by atoms with E-state index in [0.29, 0.717) is 18.6 Å². The van der Waals surface area contributed by atoms with E-state index in [0.717, 1.165) is 19.0 Å². The van der Waals surface area contributed by atoms with Crippen molar-refractivity contribution < 1.29 is 9.53 Å². The molecule has 2 N–H and O–H groups in total. The monoisotopic (exact) mass is 481 g/mol. The lowest BCUT2D eigenvalue weighted by molar-refractivity contribution is -0.127. The van der Waals surface area contributed by atoms with Crippen LogP contribution in [-0.4, -0.2) is 87.7 Å². The van der Waals surface area contributed by atoms with E-state index in [1.807, 2.05) is 0 Å². The highest BCUT2D eigenvalue weighted by Crippen LogP contribution is 2.32. The van der Waals surface area contributed by atoms with Crippen LogP contribution in [0, 0.1) is 5.92 Å². The van der Waals surface area contributed by atoms with Gasteiger partial charge >= 0.3 is 0 Å². The number of rotatable bonds is 9. The number of hydrogen-bond donors (Lipinski definition) is 2. The summed E-state index contributed by atoms with van der Waals surface area (Å²) in [5.41, 5.74) is 0. The Kier molecular flexibility index (Phi) is 10.8. The molecule has 0 aromatic carbocycles. The summed E-state index contributed by atoms with van der Waals surface area (Å²) in [4.78, 5) is 20.5. The number of amides is 1. The second-order valence-electron chi connectivity index (χ2n) is 7.30. The fourth-order valence-electron chi connectivity index (χ4n) is 3.35. The Hall–Kier alpha value is -0.610. The van der Waals surface area contributed by atoms with Crippen molar-refractivity contribution in [1.82, 2.24) is 20.4 Å². The van der Waals surface area contributed by atoms with Gasteiger partial charge in [0.25, 0.3) is 0 Å². The third kappa shape index (κ3) is 7.56. The van der Waals surface area contributed by atoms with Crippen molar-refractivity contribution in [2.75, 3.05) is 54.0 Å². The number of hydrogen-bond acceptors (Lipinski definition) is 4. The maximum absolute atomic E-state index is 11.9. The number of methoxy groups -OCH3 is 1. The van der Waals surface area contributed by atoms with E-state index in [4.69, 9.17) is 4.74 Å². The van der Waals surface area contributed by atoms with Crippen LogP contribution < -0.4 is 10.6 Å². The summed E-state index contributed by atoms with van der Waals surface area (Å²) in [5.74, 6) is 1.38. The van der Waals surface area contributed by atoms with Crippen LogP contribution in [0.25, 0.3) is 0 Å². The van der Waals surface area contributed by atoms with E-state index < -0.39 is 0 Å². The molecule has 0 spiro atoms. The average Bonchev–Trinajstić information content (AvgIpc) is 3.34. The highest BCUT2D eigenvalue weighted by atomic mass is 127. The van der Waals surface area contributed by atoms with Gasteiger partial charge in [-0.05, 0) is 44.7 Å². The zero-order chi connectivity index (χ0) is 18.2. The van der Waals surface area contributed by atoms with Gasteiger partial charge < -0.3 is 20.3 Å². The van der Waals surface area contributed by atoms with Gasteiger partial charge in [-0.2, -0.15) is 0 Å². The number of likely N-dealkylation sites (N-methyl/N-ethyl adjacent to an activating group) is 2. The van der Waals surface area contributed by atoms with Crippen molar-refractivity contribution in [2.45, 2.75) is 44.7 Å².